The number of hydrogen-bond acceptors (Lipinski definition) is 9. The fourth-order valence-electron chi connectivity index (χ4n) is 14.9. The van der Waals surface area contributed by atoms with Crippen molar-refractivity contribution in [2.45, 2.75) is 142 Å². The van der Waals surface area contributed by atoms with Gasteiger partial charge in [-0.3, -0.25) is 4.90 Å². The quantitative estimate of drug-likeness (QED) is 0.319. The molecule has 0 aromatic rings. The smallest absolute Gasteiger partial charge is 0.170 e. The Morgan fingerprint density at radius 2 is 1.68 bits per heavy atom. The van der Waals surface area contributed by atoms with Gasteiger partial charge in [-0.1, -0.05) is 34.6 Å². The molecule has 50 heavy (non-hydrogen) atoms. The average Bonchev–Trinajstić information content (AvgIpc) is 3.67. The van der Waals surface area contributed by atoms with E-state index in [0.717, 1.165) is 71.0 Å². The number of aliphatic hydroxyl groups excluding tert-OH is 2. The summed E-state index contributed by atoms with van der Waals surface area (Å²) in [5.74, 6) is 2.39. The number of morpholine rings is 1. The van der Waals surface area contributed by atoms with Crippen LogP contribution in [0.3, 0.4) is 0 Å². The van der Waals surface area contributed by atoms with Crippen LogP contribution in [0.5, 0.6) is 0 Å². The predicted molar refractivity (Wildman–Crippen MR) is 191 cm³/mol. The lowest BCUT2D eigenvalue weighted by Crippen LogP contribution is -2.60. The largest absolute Gasteiger partial charge is 0.390 e. The summed E-state index contributed by atoms with van der Waals surface area (Å²) in [5.41, 5.74) is -0.817. The zero-order valence-corrected chi connectivity index (χ0v) is 32.5. The van der Waals surface area contributed by atoms with E-state index in [-0.39, 0.29) is 46.1 Å². The highest BCUT2D eigenvalue weighted by Gasteiger charge is 2.84. The standard InChI is InChI=1S/C41H70N2O7/c1-25-19-27(34(44)37(4,5)46)49-33-32(25)38(6)13-14-41-24-40(41)12-11-30(36(2,3)28(40)9-10-29(41)39(38,7)35(33)45)50-31-23-43(16-18-48-31)22-26-20-42(21-26)15-17-47-8/h25-35,44-46H,9-24H2,1-8H3/t25-,27?,28+,29?,30+,31?,32+,33?,34+,35+,38-,39?,40-,41?/m1/s1. The SMILES string of the molecule is COCCN1CC(CN2CCOC(O[C@H]3CC[C@]45CC46CC[C@]4(C)[C@@H]7C(OC([C@H](O)C(C)(C)O)C[C@H]7C)[C@H](O)C4(C)C6CC[C@H]5C3(C)C)C2)C1. The zero-order chi connectivity index (χ0) is 35.6. The maximum absolute atomic E-state index is 12.5. The van der Waals surface area contributed by atoms with Crippen molar-refractivity contribution in [1.29, 1.82) is 0 Å². The summed E-state index contributed by atoms with van der Waals surface area (Å²) in [6, 6.07) is 0. The number of likely N-dealkylation sites (tertiary alicyclic amines) is 1. The summed E-state index contributed by atoms with van der Waals surface area (Å²) < 4.78 is 25.3. The Kier molecular flexibility index (Phi) is 9.02. The average molecular weight is 703 g/mol. The van der Waals surface area contributed by atoms with Crippen LogP contribution >= 0.6 is 0 Å². The molecule has 9 nitrogen and oxygen atoms in total. The molecule has 8 fully saturated rings. The molecular weight excluding hydrogens is 632 g/mol. The lowest BCUT2D eigenvalue weighted by molar-refractivity contribution is -0.249. The lowest BCUT2D eigenvalue weighted by Gasteiger charge is -2.64. The minimum atomic E-state index is -1.25. The Bertz CT molecular complexity index is 1270. The highest BCUT2D eigenvalue weighted by molar-refractivity contribution is 5.33. The molecular formula is C41H70N2O7. The van der Waals surface area contributed by atoms with Crippen molar-refractivity contribution in [2.75, 3.05) is 59.6 Å². The minimum Gasteiger partial charge on any atom is -0.390 e. The molecule has 8 aliphatic rings. The van der Waals surface area contributed by atoms with Gasteiger partial charge in [0.1, 0.15) is 6.10 Å². The molecule has 286 valence electrons. The second kappa shape index (κ2) is 12.3. The summed E-state index contributed by atoms with van der Waals surface area (Å²) >= 11 is 0. The molecule has 9 heteroatoms. The molecule has 8 rings (SSSR count). The van der Waals surface area contributed by atoms with Gasteiger partial charge in [0.25, 0.3) is 0 Å². The summed E-state index contributed by atoms with van der Waals surface area (Å²) in [6.45, 7) is 23.5. The van der Waals surface area contributed by atoms with Crippen LogP contribution in [-0.4, -0.2) is 127 Å². The molecule has 0 radical (unpaired) electrons. The van der Waals surface area contributed by atoms with Crippen LogP contribution < -0.4 is 0 Å². The first-order chi connectivity index (χ1) is 23.5. The maximum Gasteiger partial charge on any atom is 0.170 e. The van der Waals surface area contributed by atoms with Crippen molar-refractivity contribution in [2.24, 2.45) is 56.7 Å². The van der Waals surface area contributed by atoms with Gasteiger partial charge in [-0.2, -0.15) is 0 Å². The van der Waals surface area contributed by atoms with Crippen molar-refractivity contribution >= 4 is 0 Å². The number of hydrogen-bond donors (Lipinski definition) is 3. The molecule has 0 amide bonds. The van der Waals surface area contributed by atoms with E-state index < -0.39 is 23.9 Å². The van der Waals surface area contributed by atoms with Crippen LogP contribution in [0.1, 0.15) is 99.8 Å². The monoisotopic (exact) mass is 703 g/mol. The maximum atomic E-state index is 12.5. The molecule has 14 atom stereocenters. The first kappa shape index (κ1) is 36.6. The number of methoxy groups -OCH3 is 1. The predicted octanol–water partition coefficient (Wildman–Crippen LogP) is 4.55. The molecule has 0 aromatic carbocycles. The van der Waals surface area contributed by atoms with E-state index in [1.807, 2.05) is 0 Å². The van der Waals surface area contributed by atoms with Crippen molar-refractivity contribution in [3.63, 3.8) is 0 Å². The highest BCUT2D eigenvalue weighted by Crippen LogP contribution is 2.89. The van der Waals surface area contributed by atoms with Crippen molar-refractivity contribution in [3.8, 4) is 0 Å². The van der Waals surface area contributed by atoms with Gasteiger partial charge < -0.3 is 39.2 Å². The molecule has 0 aromatic heterocycles. The summed E-state index contributed by atoms with van der Waals surface area (Å²) in [4.78, 5) is 5.07. The van der Waals surface area contributed by atoms with Crippen LogP contribution in [0.15, 0.2) is 0 Å². The first-order valence-corrected chi connectivity index (χ1v) is 20.5. The molecule has 5 aliphatic carbocycles. The topological polar surface area (TPSA) is 104 Å². The Labute approximate surface area is 302 Å². The van der Waals surface area contributed by atoms with Crippen molar-refractivity contribution in [3.05, 3.63) is 0 Å². The fraction of sp³-hybridized carbons (Fsp3) is 1.00. The van der Waals surface area contributed by atoms with Gasteiger partial charge in [0, 0.05) is 51.8 Å². The number of aliphatic hydroxyl groups is 3. The minimum absolute atomic E-state index is 0.0184. The fourth-order valence-corrected chi connectivity index (χ4v) is 14.9. The molecule has 3 N–H and O–H groups in total. The first-order valence-electron chi connectivity index (χ1n) is 20.5. The Morgan fingerprint density at radius 1 is 0.960 bits per heavy atom. The van der Waals surface area contributed by atoms with Crippen molar-refractivity contribution in [1.82, 2.24) is 9.80 Å². The van der Waals surface area contributed by atoms with Crippen molar-refractivity contribution < 1.29 is 34.3 Å². The van der Waals surface area contributed by atoms with Gasteiger partial charge in [0.15, 0.2) is 6.29 Å². The Balaban J connectivity index is 0.951. The molecule has 6 unspecified atom stereocenters. The molecule has 2 spiro atoms. The van der Waals surface area contributed by atoms with Crippen LogP contribution in [0.25, 0.3) is 0 Å². The highest BCUT2D eigenvalue weighted by atomic mass is 16.7. The lowest BCUT2D eigenvalue weighted by atomic mass is 9.41. The third-order valence-electron chi connectivity index (χ3n) is 17.4. The van der Waals surface area contributed by atoms with Gasteiger partial charge in [-0.15, -0.1) is 0 Å². The summed E-state index contributed by atoms with van der Waals surface area (Å²) in [5, 5.41) is 34.2. The number of ether oxygens (including phenoxy) is 4. The van der Waals surface area contributed by atoms with E-state index in [4.69, 9.17) is 18.9 Å². The van der Waals surface area contributed by atoms with Gasteiger partial charge >= 0.3 is 0 Å². The van der Waals surface area contributed by atoms with Crippen LogP contribution in [0, 0.1) is 56.7 Å². The van der Waals surface area contributed by atoms with E-state index >= 15 is 0 Å². The molecule has 0 bridgehead atoms. The normalized spacial score (nSPS) is 51.1. The van der Waals surface area contributed by atoms with E-state index in [1.165, 1.54) is 38.8 Å². The van der Waals surface area contributed by atoms with Crippen LogP contribution in [0.4, 0.5) is 0 Å². The molecule has 3 aliphatic heterocycles. The molecule has 3 saturated heterocycles. The Morgan fingerprint density at radius 3 is 2.40 bits per heavy atom. The van der Waals surface area contributed by atoms with Crippen LogP contribution in [0.2, 0.25) is 0 Å². The number of fused-ring (bicyclic) bond motifs is 4. The number of rotatable bonds is 9. The third-order valence-corrected chi connectivity index (χ3v) is 17.4. The zero-order valence-electron chi connectivity index (χ0n) is 32.5. The van der Waals surface area contributed by atoms with E-state index in [1.54, 1.807) is 21.0 Å². The van der Waals surface area contributed by atoms with Gasteiger partial charge in [-0.25, -0.2) is 0 Å². The summed E-state index contributed by atoms with van der Waals surface area (Å²) in [6.07, 6.45) is 6.82. The van der Waals surface area contributed by atoms with E-state index in [9.17, 15) is 15.3 Å². The molecule has 5 saturated carbocycles. The van der Waals surface area contributed by atoms with Gasteiger partial charge in [-0.05, 0) is 116 Å². The van der Waals surface area contributed by atoms with Gasteiger partial charge in [0.05, 0.1) is 43.2 Å². The summed E-state index contributed by atoms with van der Waals surface area (Å²) in [7, 11) is 1.78. The molecule has 3 heterocycles. The number of nitrogens with zero attached hydrogens (tertiary/aromatic N) is 2. The van der Waals surface area contributed by atoms with E-state index in [0.29, 0.717) is 23.2 Å². The second-order valence-electron chi connectivity index (χ2n) is 20.5. The van der Waals surface area contributed by atoms with Crippen LogP contribution in [-0.2, 0) is 18.9 Å². The third kappa shape index (κ3) is 5.17. The Hall–Kier alpha value is -0.360. The van der Waals surface area contributed by atoms with Gasteiger partial charge in [0.2, 0.25) is 0 Å². The van der Waals surface area contributed by atoms with E-state index in [2.05, 4.69) is 44.4 Å². The second-order valence-corrected chi connectivity index (χ2v) is 20.5.